The molecule has 1 saturated heterocycles. The molecule has 17 heavy (non-hydrogen) atoms. The summed E-state index contributed by atoms with van der Waals surface area (Å²) in [4.78, 5) is 12.9. The van der Waals surface area contributed by atoms with E-state index in [1.54, 1.807) is 6.92 Å². The van der Waals surface area contributed by atoms with Gasteiger partial charge in [-0.25, -0.2) is 8.42 Å². The standard InChI is InChI=1S/C11H21NO4S/c1-3-17(15,16)7-6-12-5-4-10(11(13)14)8-9(12)2/h9-10H,3-8H2,1-2H3,(H,13,14). The minimum Gasteiger partial charge on any atom is -0.481 e. The summed E-state index contributed by atoms with van der Waals surface area (Å²) < 4.78 is 22.8. The second-order valence-electron chi connectivity index (χ2n) is 4.68. The highest BCUT2D eigenvalue weighted by molar-refractivity contribution is 7.91. The molecule has 0 aromatic rings. The minimum atomic E-state index is -2.93. The van der Waals surface area contributed by atoms with Gasteiger partial charge < -0.3 is 5.11 Å². The summed E-state index contributed by atoms with van der Waals surface area (Å²) in [6, 6.07) is 0.150. The summed E-state index contributed by atoms with van der Waals surface area (Å²) in [5.74, 6) is -0.667. The number of piperidine rings is 1. The van der Waals surface area contributed by atoms with Gasteiger partial charge in [0, 0.05) is 18.3 Å². The summed E-state index contributed by atoms with van der Waals surface area (Å²) in [5.41, 5.74) is 0. The molecule has 0 aliphatic carbocycles. The summed E-state index contributed by atoms with van der Waals surface area (Å²) in [6.07, 6.45) is 1.23. The van der Waals surface area contributed by atoms with Gasteiger partial charge in [-0.15, -0.1) is 0 Å². The van der Waals surface area contributed by atoms with Crippen LogP contribution in [0.3, 0.4) is 0 Å². The Kier molecular flexibility index (Phi) is 4.94. The first-order valence-corrected chi connectivity index (χ1v) is 7.85. The Morgan fingerprint density at radius 1 is 1.47 bits per heavy atom. The van der Waals surface area contributed by atoms with E-state index in [0.717, 1.165) is 0 Å². The van der Waals surface area contributed by atoms with E-state index >= 15 is 0 Å². The fourth-order valence-electron chi connectivity index (χ4n) is 2.18. The molecule has 1 aliphatic rings. The van der Waals surface area contributed by atoms with Crippen molar-refractivity contribution in [2.75, 3.05) is 24.6 Å². The van der Waals surface area contributed by atoms with Crippen LogP contribution >= 0.6 is 0 Å². The van der Waals surface area contributed by atoms with E-state index in [1.165, 1.54) is 0 Å². The Bertz CT molecular complexity index is 366. The third-order valence-corrected chi connectivity index (χ3v) is 5.18. The molecule has 5 nitrogen and oxygen atoms in total. The molecule has 1 N–H and O–H groups in total. The van der Waals surface area contributed by atoms with Crippen LogP contribution in [0.2, 0.25) is 0 Å². The zero-order valence-electron chi connectivity index (χ0n) is 10.4. The van der Waals surface area contributed by atoms with Crippen LogP contribution in [-0.2, 0) is 14.6 Å². The van der Waals surface area contributed by atoms with Crippen molar-refractivity contribution in [3.05, 3.63) is 0 Å². The highest BCUT2D eigenvalue weighted by Crippen LogP contribution is 2.22. The lowest BCUT2D eigenvalue weighted by atomic mass is 9.92. The van der Waals surface area contributed by atoms with Gasteiger partial charge in [0.2, 0.25) is 0 Å². The number of carboxylic acid groups (broad SMARTS) is 1. The zero-order chi connectivity index (χ0) is 13.1. The molecule has 0 saturated carbocycles. The number of aliphatic carboxylic acids is 1. The van der Waals surface area contributed by atoms with Gasteiger partial charge in [-0.2, -0.15) is 0 Å². The molecular formula is C11H21NO4S. The van der Waals surface area contributed by atoms with E-state index in [4.69, 9.17) is 5.11 Å². The predicted molar refractivity (Wildman–Crippen MR) is 65.7 cm³/mol. The lowest BCUT2D eigenvalue weighted by Gasteiger charge is -2.36. The molecule has 0 aromatic carbocycles. The maximum absolute atomic E-state index is 11.4. The molecule has 100 valence electrons. The van der Waals surface area contributed by atoms with Crippen molar-refractivity contribution < 1.29 is 18.3 Å². The van der Waals surface area contributed by atoms with Crippen molar-refractivity contribution in [1.82, 2.24) is 4.90 Å². The Labute approximate surface area is 103 Å². The minimum absolute atomic E-state index is 0.150. The number of rotatable bonds is 5. The third kappa shape index (κ3) is 4.27. The SMILES string of the molecule is CCS(=O)(=O)CCN1CCC(C(=O)O)CC1C. The highest BCUT2D eigenvalue weighted by Gasteiger charge is 2.29. The second-order valence-corrected chi connectivity index (χ2v) is 7.15. The third-order valence-electron chi connectivity index (χ3n) is 3.49. The molecule has 0 bridgehead atoms. The molecule has 1 aliphatic heterocycles. The van der Waals surface area contributed by atoms with Crippen LogP contribution < -0.4 is 0 Å². The Hall–Kier alpha value is -0.620. The number of hydrogen-bond acceptors (Lipinski definition) is 4. The van der Waals surface area contributed by atoms with Gasteiger partial charge in [0.1, 0.15) is 0 Å². The summed E-state index contributed by atoms with van der Waals surface area (Å²) in [7, 11) is -2.93. The smallest absolute Gasteiger partial charge is 0.306 e. The largest absolute Gasteiger partial charge is 0.481 e. The first-order valence-electron chi connectivity index (χ1n) is 6.03. The highest BCUT2D eigenvalue weighted by atomic mass is 32.2. The molecule has 0 radical (unpaired) electrons. The van der Waals surface area contributed by atoms with Gasteiger partial charge in [-0.05, 0) is 26.3 Å². The van der Waals surface area contributed by atoms with Crippen molar-refractivity contribution >= 4 is 15.8 Å². The Morgan fingerprint density at radius 3 is 2.59 bits per heavy atom. The van der Waals surface area contributed by atoms with Gasteiger partial charge in [0.15, 0.2) is 9.84 Å². The Balaban J connectivity index is 2.45. The number of carbonyl (C=O) groups is 1. The van der Waals surface area contributed by atoms with Gasteiger partial charge in [0.05, 0.1) is 11.7 Å². The van der Waals surface area contributed by atoms with Gasteiger partial charge in [0.25, 0.3) is 0 Å². The molecule has 0 spiro atoms. The average molecular weight is 263 g/mol. The zero-order valence-corrected chi connectivity index (χ0v) is 11.2. The van der Waals surface area contributed by atoms with Crippen LogP contribution in [0.4, 0.5) is 0 Å². The van der Waals surface area contributed by atoms with Crippen molar-refractivity contribution in [3.63, 3.8) is 0 Å². The van der Waals surface area contributed by atoms with E-state index in [-0.39, 0.29) is 23.5 Å². The molecule has 0 amide bonds. The van der Waals surface area contributed by atoms with Gasteiger partial charge >= 0.3 is 5.97 Å². The molecule has 1 heterocycles. The quantitative estimate of drug-likeness (QED) is 0.786. The lowest BCUT2D eigenvalue weighted by molar-refractivity contribution is -0.144. The predicted octanol–water partition coefficient (Wildman–Crippen LogP) is 0.606. The maximum atomic E-state index is 11.4. The van der Waals surface area contributed by atoms with Crippen molar-refractivity contribution in [2.24, 2.45) is 5.92 Å². The van der Waals surface area contributed by atoms with Crippen LogP contribution in [0.15, 0.2) is 0 Å². The first-order chi connectivity index (χ1) is 7.85. The van der Waals surface area contributed by atoms with Crippen LogP contribution in [0.1, 0.15) is 26.7 Å². The number of likely N-dealkylation sites (tertiary alicyclic amines) is 1. The normalized spacial score (nSPS) is 26.9. The van der Waals surface area contributed by atoms with E-state index < -0.39 is 15.8 Å². The molecule has 1 fully saturated rings. The summed E-state index contributed by atoms with van der Waals surface area (Å²) >= 11 is 0. The first kappa shape index (κ1) is 14.4. The molecule has 6 heteroatoms. The molecule has 2 atom stereocenters. The fraction of sp³-hybridized carbons (Fsp3) is 0.909. The van der Waals surface area contributed by atoms with E-state index in [0.29, 0.717) is 25.9 Å². The van der Waals surface area contributed by atoms with E-state index in [9.17, 15) is 13.2 Å². The van der Waals surface area contributed by atoms with Crippen molar-refractivity contribution in [3.8, 4) is 0 Å². The Morgan fingerprint density at radius 2 is 2.12 bits per heavy atom. The van der Waals surface area contributed by atoms with Crippen molar-refractivity contribution in [2.45, 2.75) is 32.7 Å². The van der Waals surface area contributed by atoms with Crippen LogP contribution in [0, 0.1) is 5.92 Å². The maximum Gasteiger partial charge on any atom is 0.306 e. The summed E-state index contributed by atoms with van der Waals surface area (Å²) in [6.45, 7) is 4.81. The van der Waals surface area contributed by atoms with Crippen molar-refractivity contribution in [1.29, 1.82) is 0 Å². The molecule has 0 aromatic heterocycles. The topological polar surface area (TPSA) is 74.7 Å². The fourth-order valence-corrected chi connectivity index (χ4v) is 2.98. The molecule has 1 rings (SSSR count). The second kappa shape index (κ2) is 5.82. The van der Waals surface area contributed by atoms with Gasteiger partial charge in [-0.3, -0.25) is 9.69 Å². The number of hydrogen-bond donors (Lipinski definition) is 1. The van der Waals surface area contributed by atoms with Gasteiger partial charge in [-0.1, -0.05) is 6.92 Å². The monoisotopic (exact) mass is 263 g/mol. The molecule has 2 unspecified atom stereocenters. The average Bonchev–Trinajstić information content (AvgIpc) is 2.27. The van der Waals surface area contributed by atoms with Crippen LogP contribution in [-0.4, -0.2) is 55.0 Å². The van der Waals surface area contributed by atoms with E-state index in [1.807, 2.05) is 6.92 Å². The van der Waals surface area contributed by atoms with Crippen LogP contribution in [0.25, 0.3) is 0 Å². The van der Waals surface area contributed by atoms with E-state index in [2.05, 4.69) is 4.90 Å². The number of sulfone groups is 1. The summed E-state index contributed by atoms with van der Waals surface area (Å²) in [5, 5.41) is 8.93. The number of nitrogens with zero attached hydrogens (tertiary/aromatic N) is 1. The lowest BCUT2D eigenvalue weighted by Crippen LogP contribution is -2.44. The number of carboxylic acids is 1. The van der Waals surface area contributed by atoms with Crippen LogP contribution in [0.5, 0.6) is 0 Å². The molecular weight excluding hydrogens is 242 g/mol.